The van der Waals surface area contributed by atoms with Crippen LogP contribution in [0.1, 0.15) is 16.7 Å². The highest BCUT2D eigenvalue weighted by Crippen LogP contribution is 2.36. The third-order valence-corrected chi connectivity index (χ3v) is 6.51. The Morgan fingerprint density at radius 2 is 1.70 bits per heavy atom. The van der Waals surface area contributed by atoms with Crippen molar-refractivity contribution in [3.05, 3.63) is 123 Å². The van der Waals surface area contributed by atoms with E-state index in [4.69, 9.17) is 4.74 Å². The maximum absolute atomic E-state index is 13.6. The molecule has 6 rings (SSSR count). The predicted molar refractivity (Wildman–Crippen MR) is 135 cm³/mol. The van der Waals surface area contributed by atoms with Crippen molar-refractivity contribution in [3.8, 4) is 5.75 Å². The first-order chi connectivity index (χ1) is 16.2. The zero-order valence-electron chi connectivity index (χ0n) is 17.7. The zero-order chi connectivity index (χ0) is 22.4. The van der Waals surface area contributed by atoms with Crippen molar-refractivity contribution in [1.29, 1.82) is 0 Å². The van der Waals surface area contributed by atoms with Crippen LogP contribution in [0.4, 0.5) is 0 Å². The number of halogens is 1. The molecule has 0 saturated carbocycles. The van der Waals surface area contributed by atoms with Gasteiger partial charge in [-0.1, -0.05) is 52.3 Å². The molecule has 0 radical (unpaired) electrons. The summed E-state index contributed by atoms with van der Waals surface area (Å²) in [5, 5.41) is 2.76. The lowest BCUT2D eigenvalue weighted by molar-refractivity contribution is 0.307. The van der Waals surface area contributed by atoms with Crippen LogP contribution in [-0.2, 0) is 13.0 Å². The maximum atomic E-state index is 13.6. The van der Waals surface area contributed by atoms with Gasteiger partial charge in [-0.2, -0.15) is 0 Å². The Labute approximate surface area is 198 Å². The molecule has 0 aliphatic heterocycles. The molecular formula is C28H19BrN2O2. The largest absolute Gasteiger partial charge is 0.489 e. The van der Waals surface area contributed by atoms with Crippen molar-refractivity contribution in [2.75, 3.05) is 0 Å². The maximum Gasteiger partial charge on any atom is 0.193 e. The van der Waals surface area contributed by atoms with Crippen molar-refractivity contribution >= 4 is 43.1 Å². The first kappa shape index (κ1) is 19.9. The average molecular weight is 495 g/mol. The van der Waals surface area contributed by atoms with E-state index in [1.54, 1.807) is 6.20 Å². The van der Waals surface area contributed by atoms with E-state index in [-0.39, 0.29) is 5.43 Å². The molecule has 0 fully saturated rings. The molecule has 6 aromatic rings. The van der Waals surface area contributed by atoms with Gasteiger partial charge in [-0.05, 0) is 47.5 Å². The highest BCUT2D eigenvalue weighted by Gasteiger charge is 2.18. The van der Waals surface area contributed by atoms with Crippen LogP contribution in [0, 0.1) is 0 Å². The standard InChI is InChI=1S/C28H19BrN2O2/c29-21-8-9-26-23(12-21)24-13-22(33-17-18-5-2-1-3-6-18)14-25-27(24)31(26)16-20(28(25)32)11-19-7-4-10-30-15-19/h1-10,12-16H,11,17H2. The van der Waals surface area contributed by atoms with Crippen molar-refractivity contribution in [2.45, 2.75) is 13.0 Å². The van der Waals surface area contributed by atoms with E-state index in [0.717, 1.165) is 43.0 Å². The highest BCUT2D eigenvalue weighted by atomic mass is 79.9. The summed E-state index contributed by atoms with van der Waals surface area (Å²) in [7, 11) is 0. The number of nitrogens with zero attached hydrogens (tertiary/aromatic N) is 2. The fraction of sp³-hybridized carbons (Fsp3) is 0.0714. The van der Waals surface area contributed by atoms with Gasteiger partial charge in [-0.25, -0.2) is 0 Å². The Hall–Kier alpha value is -3.70. The molecule has 0 unspecified atom stereocenters. The second-order valence-corrected chi connectivity index (χ2v) is 9.11. The van der Waals surface area contributed by atoms with E-state index in [1.807, 2.05) is 73.1 Å². The molecule has 5 heteroatoms. The summed E-state index contributed by atoms with van der Waals surface area (Å²) in [6, 6.07) is 24.1. The molecule has 0 N–H and O–H groups in total. The summed E-state index contributed by atoms with van der Waals surface area (Å²) >= 11 is 3.60. The summed E-state index contributed by atoms with van der Waals surface area (Å²) < 4.78 is 9.29. The molecule has 0 atom stereocenters. The molecule has 0 aliphatic carbocycles. The fourth-order valence-electron chi connectivity index (χ4n) is 4.49. The van der Waals surface area contributed by atoms with Gasteiger partial charge in [-0.15, -0.1) is 0 Å². The van der Waals surface area contributed by atoms with Crippen LogP contribution in [0.15, 0.2) is 101 Å². The van der Waals surface area contributed by atoms with Gasteiger partial charge in [0.2, 0.25) is 0 Å². The molecule has 0 saturated heterocycles. The van der Waals surface area contributed by atoms with E-state index in [1.165, 1.54) is 0 Å². The Kier molecular flexibility index (Phi) is 4.84. The minimum atomic E-state index is 0.0309. The van der Waals surface area contributed by atoms with E-state index >= 15 is 0 Å². The summed E-state index contributed by atoms with van der Waals surface area (Å²) in [4.78, 5) is 17.8. The third kappa shape index (κ3) is 3.55. The van der Waals surface area contributed by atoms with Gasteiger partial charge in [0.25, 0.3) is 0 Å². The van der Waals surface area contributed by atoms with Crippen molar-refractivity contribution in [1.82, 2.24) is 9.38 Å². The van der Waals surface area contributed by atoms with Gasteiger partial charge in [-0.3, -0.25) is 9.78 Å². The number of fused-ring (bicyclic) bond motifs is 3. The number of aromatic nitrogens is 2. The number of pyridine rings is 2. The lowest BCUT2D eigenvalue weighted by Crippen LogP contribution is -2.12. The van der Waals surface area contributed by atoms with Crippen molar-refractivity contribution in [3.63, 3.8) is 0 Å². The predicted octanol–water partition coefficient (Wildman–Crippen LogP) is 6.37. The van der Waals surface area contributed by atoms with Crippen molar-refractivity contribution in [2.24, 2.45) is 0 Å². The molecule has 3 aromatic carbocycles. The summed E-state index contributed by atoms with van der Waals surface area (Å²) in [5.74, 6) is 0.691. The number of hydrogen-bond donors (Lipinski definition) is 0. The SMILES string of the molecule is O=c1c(Cc2cccnc2)cn2c3ccc(Br)cc3c3cc(OCc4ccccc4)cc1c32. The molecule has 160 valence electrons. The Bertz CT molecular complexity index is 1660. The second-order valence-electron chi connectivity index (χ2n) is 8.19. The molecule has 3 aromatic heterocycles. The first-order valence-corrected chi connectivity index (χ1v) is 11.5. The topological polar surface area (TPSA) is 43.6 Å². The normalized spacial score (nSPS) is 11.5. The highest BCUT2D eigenvalue weighted by molar-refractivity contribution is 9.10. The van der Waals surface area contributed by atoms with Gasteiger partial charge in [0.05, 0.1) is 16.4 Å². The van der Waals surface area contributed by atoms with E-state index in [0.29, 0.717) is 24.2 Å². The van der Waals surface area contributed by atoms with E-state index in [9.17, 15) is 4.79 Å². The molecule has 4 nitrogen and oxygen atoms in total. The molecular weight excluding hydrogens is 476 g/mol. The van der Waals surface area contributed by atoms with Crippen LogP contribution < -0.4 is 10.2 Å². The molecule has 0 amide bonds. The summed E-state index contributed by atoms with van der Waals surface area (Å²) in [5.41, 5.74) is 4.84. The van der Waals surface area contributed by atoms with E-state index in [2.05, 4.69) is 37.4 Å². The summed E-state index contributed by atoms with van der Waals surface area (Å²) in [6.07, 6.45) is 6.06. The van der Waals surface area contributed by atoms with Crippen LogP contribution >= 0.6 is 15.9 Å². The van der Waals surface area contributed by atoms with Gasteiger partial charge in [0.1, 0.15) is 12.4 Å². The molecule has 0 aliphatic rings. The minimum Gasteiger partial charge on any atom is -0.489 e. The lowest BCUT2D eigenvalue weighted by atomic mass is 10.0. The Morgan fingerprint density at radius 3 is 2.52 bits per heavy atom. The average Bonchev–Trinajstić information content (AvgIpc) is 3.15. The quantitative estimate of drug-likeness (QED) is 0.279. The van der Waals surface area contributed by atoms with Crippen LogP contribution in [-0.4, -0.2) is 9.38 Å². The number of hydrogen-bond acceptors (Lipinski definition) is 3. The second kappa shape index (κ2) is 8.01. The number of benzene rings is 3. The van der Waals surface area contributed by atoms with E-state index < -0.39 is 0 Å². The van der Waals surface area contributed by atoms with Gasteiger partial charge < -0.3 is 9.14 Å². The van der Waals surface area contributed by atoms with Crippen LogP contribution in [0.5, 0.6) is 5.75 Å². The smallest absolute Gasteiger partial charge is 0.193 e. The van der Waals surface area contributed by atoms with Crippen LogP contribution in [0.2, 0.25) is 0 Å². The Balaban J connectivity index is 1.57. The van der Waals surface area contributed by atoms with Crippen LogP contribution in [0.25, 0.3) is 27.2 Å². The molecule has 33 heavy (non-hydrogen) atoms. The Morgan fingerprint density at radius 1 is 0.879 bits per heavy atom. The lowest BCUT2D eigenvalue weighted by Gasteiger charge is -2.10. The number of rotatable bonds is 5. The molecule has 0 bridgehead atoms. The summed E-state index contributed by atoms with van der Waals surface area (Å²) in [6.45, 7) is 0.445. The van der Waals surface area contributed by atoms with Gasteiger partial charge in [0.15, 0.2) is 5.43 Å². The molecule has 3 heterocycles. The zero-order valence-corrected chi connectivity index (χ0v) is 19.2. The monoisotopic (exact) mass is 494 g/mol. The fourth-order valence-corrected chi connectivity index (χ4v) is 4.86. The van der Waals surface area contributed by atoms with Crippen molar-refractivity contribution < 1.29 is 4.74 Å². The third-order valence-electron chi connectivity index (χ3n) is 6.02. The van der Waals surface area contributed by atoms with Crippen LogP contribution in [0.3, 0.4) is 0 Å². The van der Waals surface area contributed by atoms with Gasteiger partial charge >= 0.3 is 0 Å². The van der Waals surface area contributed by atoms with Gasteiger partial charge in [0, 0.05) is 45.8 Å². The molecule has 0 spiro atoms. The first-order valence-electron chi connectivity index (χ1n) is 10.8. The number of ether oxygens (including phenoxy) is 1. The minimum absolute atomic E-state index is 0.0309.